The van der Waals surface area contributed by atoms with Crippen LogP contribution in [0.3, 0.4) is 0 Å². The number of hydrogen-bond acceptors (Lipinski definition) is 5. The number of carbonyl (C=O) groups is 1. The lowest BCUT2D eigenvalue weighted by atomic mass is 9.43. The molecule has 322 valence electrons. The van der Waals surface area contributed by atoms with E-state index in [-0.39, 0.29) is 41.0 Å². The van der Waals surface area contributed by atoms with E-state index in [4.69, 9.17) is 0 Å². The molecule has 8 saturated carbocycles. The monoisotopic (exact) mass is 790 g/mol. The number of aliphatic hydroxyl groups excluding tert-OH is 3. The van der Waals surface area contributed by atoms with Gasteiger partial charge in [0.15, 0.2) is 0 Å². The molecule has 57 heavy (non-hydrogen) atoms. The number of carboxylic acid groups (broad SMARTS) is 1. The maximum absolute atomic E-state index is 12.0. The van der Waals surface area contributed by atoms with Crippen molar-refractivity contribution in [1.82, 2.24) is 5.32 Å². The lowest BCUT2D eigenvalue weighted by molar-refractivity contribution is -0.169. The van der Waals surface area contributed by atoms with Crippen LogP contribution in [-0.4, -0.2) is 57.3 Å². The van der Waals surface area contributed by atoms with Crippen molar-refractivity contribution in [2.75, 3.05) is 6.54 Å². The van der Waals surface area contributed by atoms with Gasteiger partial charge in [0.1, 0.15) is 0 Å². The first-order valence-corrected chi connectivity index (χ1v) is 24.7. The molecule has 6 nitrogen and oxygen atoms in total. The Bertz CT molecular complexity index is 1560. The van der Waals surface area contributed by atoms with Gasteiger partial charge in [-0.1, -0.05) is 52.7 Å². The summed E-state index contributed by atoms with van der Waals surface area (Å²) in [5, 5.41) is 48.3. The van der Waals surface area contributed by atoms with E-state index in [0.717, 1.165) is 51.0 Å². The fraction of sp³-hybridized carbons (Fsp3) is 0.941. The topological polar surface area (TPSA) is 110 Å². The fourth-order valence-corrected chi connectivity index (χ4v) is 19.3. The zero-order valence-corrected chi connectivity index (χ0v) is 37.2. The molecule has 0 amide bonds. The molecular weight excluding hydrogens is 707 g/mol. The van der Waals surface area contributed by atoms with E-state index < -0.39 is 5.97 Å². The fourth-order valence-electron chi connectivity index (χ4n) is 19.3. The van der Waals surface area contributed by atoms with Gasteiger partial charge < -0.3 is 25.7 Å². The summed E-state index contributed by atoms with van der Waals surface area (Å²) in [6, 6.07) is 0.526. The molecule has 6 heteroatoms. The average molecular weight is 790 g/mol. The minimum Gasteiger partial charge on any atom is -0.481 e. The average Bonchev–Trinajstić information content (AvgIpc) is 3.64. The van der Waals surface area contributed by atoms with Gasteiger partial charge in [0.25, 0.3) is 0 Å². The van der Waals surface area contributed by atoms with Gasteiger partial charge in [-0.3, -0.25) is 4.79 Å². The largest absolute Gasteiger partial charge is 0.481 e. The zero-order valence-electron chi connectivity index (χ0n) is 37.2. The summed E-state index contributed by atoms with van der Waals surface area (Å²) in [6.45, 7) is 18.7. The van der Waals surface area contributed by atoms with Gasteiger partial charge in [-0.15, -0.1) is 0 Å². The Hall–Kier alpha value is -0.950. The van der Waals surface area contributed by atoms with Crippen molar-refractivity contribution < 1.29 is 25.2 Å². The summed E-state index contributed by atoms with van der Waals surface area (Å²) < 4.78 is 0. The molecule has 0 radical (unpaired) electrons. The van der Waals surface area contributed by atoms with Gasteiger partial charge in [0, 0.05) is 18.4 Å². The summed E-state index contributed by atoms with van der Waals surface area (Å²) in [6.07, 6.45) is 20.3. The highest BCUT2D eigenvalue weighted by molar-refractivity contribution is 5.66. The predicted octanol–water partition coefficient (Wildman–Crippen LogP) is 10.0. The van der Waals surface area contributed by atoms with Crippen molar-refractivity contribution in [3.8, 4) is 0 Å². The summed E-state index contributed by atoms with van der Waals surface area (Å²) in [7, 11) is 0. The van der Waals surface area contributed by atoms with Crippen molar-refractivity contribution in [3.63, 3.8) is 0 Å². The minimum absolute atomic E-state index is 0.187. The molecule has 17 unspecified atom stereocenters. The summed E-state index contributed by atoms with van der Waals surface area (Å²) in [5.74, 6) is 6.57. The third-order valence-electron chi connectivity index (χ3n) is 22.0. The normalized spacial score (nSPS) is 54.7. The Morgan fingerprint density at radius 3 is 2.19 bits per heavy atom. The van der Waals surface area contributed by atoms with E-state index in [1.807, 2.05) is 0 Å². The first-order chi connectivity index (χ1) is 27.0. The number of nitrogens with one attached hydrogen (secondary N) is 1. The standard InChI is InChI=1S/C51H83NO5/c1-28(9-13-42(56)57)35-10-11-36-44-37(16-21-50(35,36)6)48(4)19-14-31(24-32(48)26-40(44)54)18-23-52-39-12-8-29(2)46-43(39)30(3)47-45-38(17-22-51(46,47)7)49(5)20-15-34(53)25-33(49)27-41(45)55/h28-29,31-41,43-46,52-55H,8-27H2,1-7H3,(H,56,57)/t28?,29?,31-,32?,33?,34-,35?,36?,37?,38?,39?,40+,41+,43?,44?,45?,46?,48?,49?,50?,51?/m1/s1. The highest BCUT2D eigenvalue weighted by Gasteiger charge is 2.65. The molecule has 0 aromatic rings. The summed E-state index contributed by atoms with van der Waals surface area (Å²) in [4.78, 5) is 11.4. The zero-order chi connectivity index (χ0) is 40.4. The lowest BCUT2D eigenvalue weighted by Crippen LogP contribution is -2.58. The lowest BCUT2D eigenvalue weighted by Gasteiger charge is -2.62. The molecule has 0 heterocycles. The second kappa shape index (κ2) is 14.9. The van der Waals surface area contributed by atoms with Crippen LogP contribution >= 0.6 is 0 Å². The van der Waals surface area contributed by atoms with Crippen LogP contribution in [-0.2, 0) is 4.79 Å². The van der Waals surface area contributed by atoms with Crippen LogP contribution in [0.25, 0.3) is 0 Å². The van der Waals surface area contributed by atoms with E-state index >= 15 is 0 Å². The first-order valence-electron chi connectivity index (χ1n) is 24.7. The third-order valence-corrected chi connectivity index (χ3v) is 22.0. The molecule has 5 N–H and O–H groups in total. The quantitative estimate of drug-likeness (QED) is 0.157. The molecular formula is C51H83NO5. The third kappa shape index (κ3) is 6.36. The molecule has 8 fully saturated rings. The van der Waals surface area contributed by atoms with Crippen LogP contribution in [0.4, 0.5) is 0 Å². The molecule has 0 saturated heterocycles. The van der Waals surface area contributed by atoms with Crippen molar-refractivity contribution in [3.05, 3.63) is 11.1 Å². The number of rotatable bonds is 8. The molecule has 0 aromatic heterocycles. The Morgan fingerprint density at radius 1 is 0.754 bits per heavy atom. The van der Waals surface area contributed by atoms with Gasteiger partial charge in [-0.25, -0.2) is 0 Å². The highest BCUT2D eigenvalue weighted by Crippen LogP contribution is 2.71. The molecule has 9 rings (SSSR count). The van der Waals surface area contributed by atoms with Crippen LogP contribution in [0, 0.1) is 98.6 Å². The maximum atomic E-state index is 12.0. The van der Waals surface area contributed by atoms with Gasteiger partial charge in [0.05, 0.1) is 18.3 Å². The smallest absolute Gasteiger partial charge is 0.303 e. The molecule has 9 aliphatic carbocycles. The predicted molar refractivity (Wildman–Crippen MR) is 227 cm³/mol. The number of carboxylic acids is 1. The highest BCUT2D eigenvalue weighted by atomic mass is 16.4. The summed E-state index contributed by atoms with van der Waals surface area (Å²) in [5.41, 5.74) is 4.33. The van der Waals surface area contributed by atoms with Crippen LogP contribution in [0.5, 0.6) is 0 Å². The Balaban J connectivity index is 0.852. The Morgan fingerprint density at radius 2 is 1.42 bits per heavy atom. The van der Waals surface area contributed by atoms with Gasteiger partial charge in [-0.2, -0.15) is 0 Å². The van der Waals surface area contributed by atoms with Gasteiger partial charge >= 0.3 is 5.97 Å². The number of aliphatic carboxylic acids is 1. The number of aliphatic hydroxyl groups is 3. The number of fused-ring (bicyclic) bond motifs is 12. The van der Waals surface area contributed by atoms with E-state index in [2.05, 4.69) is 53.8 Å². The van der Waals surface area contributed by atoms with E-state index in [0.29, 0.717) is 82.5 Å². The Labute approximate surface area is 346 Å². The number of hydrogen-bond donors (Lipinski definition) is 5. The summed E-state index contributed by atoms with van der Waals surface area (Å²) >= 11 is 0. The van der Waals surface area contributed by atoms with E-state index in [1.165, 1.54) is 77.0 Å². The van der Waals surface area contributed by atoms with E-state index in [9.17, 15) is 25.2 Å². The molecule has 0 aromatic carbocycles. The molecule has 21 atom stereocenters. The van der Waals surface area contributed by atoms with Crippen molar-refractivity contribution >= 4 is 5.97 Å². The molecule has 0 spiro atoms. The van der Waals surface area contributed by atoms with Crippen molar-refractivity contribution in [2.24, 2.45) is 98.6 Å². The SMILES string of the molecule is CC1=C2C3C(CCC2(C)C2C(C)CCC(NCC[C@H]4CCC5(C)C(C4)C[C@H](O)C4C5CCC5(C)C(C(C)CCC(=O)O)CCC45)C12)C1(C)CC[C@@H](O)CC1C[C@@H]3O. The van der Waals surface area contributed by atoms with E-state index in [1.54, 1.807) is 11.1 Å². The van der Waals surface area contributed by atoms with Crippen LogP contribution in [0.15, 0.2) is 11.1 Å². The minimum atomic E-state index is -0.669. The van der Waals surface area contributed by atoms with Gasteiger partial charge in [-0.05, 0) is 222 Å². The molecule has 0 aliphatic heterocycles. The Kier molecular flexibility index (Phi) is 10.8. The maximum Gasteiger partial charge on any atom is 0.303 e. The van der Waals surface area contributed by atoms with Crippen LogP contribution in [0.1, 0.15) is 170 Å². The second-order valence-corrected chi connectivity index (χ2v) is 24.1. The molecule has 9 aliphatic rings. The first kappa shape index (κ1) is 41.4. The van der Waals surface area contributed by atoms with Crippen molar-refractivity contribution in [1.29, 1.82) is 0 Å². The molecule has 0 bridgehead atoms. The van der Waals surface area contributed by atoms with Crippen LogP contribution < -0.4 is 5.32 Å². The van der Waals surface area contributed by atoms with Crippen molar-refractivity contribution in [2.45, 2.75) is 195 Å². The van der Waals surface area contributed by atoms with Crippen LogP contribution in [0.2, 0.25) is 0 Å². The van der Waals surface area contributed by atoms with Gasteiger partial charge in [0.2, 0.25) is 0 Å². The second-order valence-electron chi connectivity index (χ2n) is 24.1.